The topological polar surface area (TPSA) is 108 Å². The average Bonchev–Trinajstić information content (AvgIpc) is 2.63. The van der Waals surface area contributed by atoms with Crippen LogP contribution in [0.3, 0.4) is 0 Å². The summed E-state index contributed by atoms with van der Waals surface area (Å²) in [6, 6.07) is 7.72. The molecule has 2 unspecified atom stereocenters. The maximum absolute atomic E-state index is 12.3. The minimum Gasteiger partial charge on any atom is -0.459 e. The van der Waals surface area contributed by atoms with Crippen molar-refractivity contribution in [2.75, 3.05) is 0 Å². The summed E-state index contributed by atoms with van der Waals surface area (Å²) in [5.74, 6) is -1.38. The van der Waals surface area contributed by atoms with Gasteiger partial charge in [0, 0.05) is 6.42 Å². The van der Waals surface area contributed by atoms with Gasteiger partial charge in [-0.25, -0.2) is 4.79 Å². The van der Waals surface area contributed by atoms with Crippen molar-refractivity contribution in [3.8, 4) is 0 Å². The largest absolute Gasteiger partial charge is 0.459 e. The maximum atomic E-state index is 12.3. The number of rotatable bonds is 10. The van der Waals surface area contributed by atoms with Gasteiger partial charge in [-0.1, -0.05) is 43.7 Å². The van der Waals surface area contributed by atoms with Crippen molar-refractivity contribution < 1.29 is 23.9 Å². The number of esters is 2. The molecule has 1 amide bonds. The summed E-state index contributed by atoms with van der Waals surface area (Å²) in [6.45, 7) is 7.32. The third-order valence-electron chi connectivity index (χ3n) is 3.81. The molecule has 0 saturated heterocycles. The van der Waals surface area contributed by atoms with E-state index in [1.807, 2.05) is 37.3 Å². The first-order chi connectivity index (χ1) is 13.1. The average molecular weight is 392 g/mol. The second-order valence-corrected chi connectivity index (χ2v) is 7.68. The molecule has 7 heteroatoms. The number of hydrogen-bond acceptors (Lipinski definition) is 6. The van der Waals surface area contributed by atoms with Crippen molar-refractivity contribution in [2.45, 2.75) is 77.7 Å². The molecule has 1 aromatic rings. The van der Waals surface area contributed by atoms with E-state index in [1.54, 1.807) is 20.8 Å². The Labute approximate surface area is 167 Å². The molecule has 2 atom stereocenters. The highest BCUT2D eigenvalue weighted by molar-refractivity contribution is 5.85. The van der Waals surface area contributed by atoms with Crippen molar-refractivity contribution in [3.05, 3.63) is 35.9 Å². The molecule has 0 aliphatic carbocycles. The molecule has 156 valence electrons. The summed E-state index contributed by atoms with van der Waals surface area (Å²) in [4.78, 5) is 36.4. The summed E-state index contributed by atoms with van der Waals surface area (Å²) in [6.07, 6.45) is 1.34. The molecule has 0 spiro atoms. The predicted molar refractivity (Wildman–Crippen MR) is 106 cm³/mol. The number of nitrogens with two attached hydrogens (primary N) is 1. The van der Waals surface area contributed by atoms with Crippen LogP contribution in [0, 0.1) is 0 Å². The van der Waals surface area contributed by atoms with E-state index in [1.165, 1.54) is 0 Å². The molecule has 0 aromatic heterocycles. The number of carbonyl (C=O) groups excluding carboxylic acids is 3. The smallest absolute Gasteiger partial charge is 0.328 e. The Morgan fingerprint density at radius 2 is 1.71 bits per heavy atom. The van der Waals surface area contributed by atoms with Crippen LogP contribution < -0.4 is 11.1 Å². The standard InChI is InChI=1S/C21H32N2O5/c1-5-9-17(20(26)27-14-15-10-7-6-8-11-15)23-18(24)13-12-16(22)19(25)28-21(2,3)4/h6-8,10-11,16-17H,5,9,12-14,22H2,1-4H3,(H,23,24). The second kappa shape index (κ2) is 11.4. The van der Waals surface area contributed by atoms with Gasteiger partial charge in [-0.3, -0.25) is 9.59 Å². The first-order valence-electron chi connectivity index (χ1n) is 9.60. The number of carbonyl (C=O) groups is 3. The van der Waals surface area contributed by atoms with Crippen LogP contribution in [0.15, 0.2) is 30.3 Å². The van der Waals surface area contributed by atoms with Crippen LogP contribution >= 0.6 is 0 Å². The van der Waals surface area contributed by atoms with Gasteiger partial charge in [-0.2, -0.15) is 0 Å². The summed E-state index contributed by atoms with van der Waals surface area (Å²) in [7, 11) is 0. The molecule has 3 N–H and O–H groups in total. The van der Waals surface area contributed by atoms with Crippen molar-refractivity contribution in [1.29, 1.82) is 0 Å². The molecular weight excluding hydrogens is 360 g/mol. The van der Waals surface area contributed by atoms with Gasteiger partial charge in [0.05, 0.1) is 0 Å². The molecule has 0 radical (unpaired) electrons. The predicted octanol–water partition coefficient (Wildman–Crippen LogP) is 2.46. The monoisotopic (exact) mass is 392 g/mol. The zero-order valence-corrected chi connectivity index (χ0v) is 17.2. The summed E-state index contributed by atoms with van der Waals surface area (Å²) < 4.78 is 10.5. The minimum absolute atomic E-state index is 0.0204. The Kier molecular flexibility index (Phi) is 9.65. The van der Waals surface area contributed by atoms with E-state index in [4.69, 9.17) is 15.2 Å². The first kappa shape index (κ1) is 23.6. The van der Waals surface area contributed by atoms with Crippen LogP contribution in [0.4, 0.5) is 0 Å². The molecule has 0 aliphatic rings. The molecule has 7 nitrogen and oxygen atoms in total. The van der Waals surface area contributed by atoms with E-state index in [-0.39, 0.29) is 25.4 Å². The summed E-state index contributed by atoms with van der Waals surface area (Å²) >= 11 is 0. The van der Waals surface area contributed by atoms with E-state index in [9.17, 15) is 14.4 Å². The highest BCUT2D eigenvalue weighted by Gasteiger charge is 2.25. The van der Waals surface area contributed by atoms with Crippen LogP contribution in [0.5, 0.6) is 0 Å². The van der Waals surface area contributed by atoms with Gasteiger partial charge in [-0.15, -0.1) is 0 Å². The van der Waals surface area contributed by atoms with Crippen LogP contribution in [0.25, 0.3) is 0 Å². The van der Waals surface area contributed by atoms with Crippen molar-refractivity contribution in [2.24, 2.45) is 5.73 Å². The van der Waals surface area contributed by atoms with Gasteiger partial charge < -0.3 is 20.5 Å². The second-order valence-electron chi connectivity index (χ2n) is 7.68. The van der Waals surface area contributed by atoms with Crippen molar-refractivity contribution in [3.63, 3.8) is 0 Å². The lowest BCUT2D eigenvalue weighted by Gasteiger charge is -2.22. The number of hydrogen-bond donors (Lipinski definition) is 2. The normalized spacial score (nSPS) is 13.3. The van der Waals surface area contributed by atoms with Crippen LogP contribution in [-0.4, -0.2) is 35.5 Å². The Balaban J connectivity index is 2.48. The zero-order valence-electron chi connectivity index (χ0n) is 17.2. The number of benzene rings is 1. The fourth-order valence-corrected chi connectivity index (χ4v) is 2.42. The summed E-state index contributed by atoms with van der Waals surface area (Å²) in [5.41, 5.74) is 6.03. The molecule has 28 heavy (non-hydrogen) atoms. The van der Waals surface area contributed by atoms with Gasteiger partial charge in [0.1, 0.15) is 24.3 Å². The lowest BCUT2D eigenvalue weighted by molar-refractivity contribution is -0.156. The minimum atomic E-state index is -0.889. The fraction of sp³-hybridized carbons (Fsp3) is 0.571. The Bertz CT molecular complexity index is 640. The lowest BCUT2D eigenvalue weighted by atomic mass is 10.1. The van der Waals surface area contributed by atoms with Gasteiger partial charge in [0.25, 0.3) is 0 Å². The first-order valence-corrected chi connectivity index (χ1v) is 9.60. The van der Waals surface area contributed by atoms with Gasteiger partial charge in [0.2, 0.25) is 5.91 Å². The van der Waals surface area contributed by atoms with Crippen LogP contribution in [0.2, 0.25) is 0 Å². The van der Waals surface area contributed by atoms with Gasteiger partial charge in [0.15, 0.2) is 0 Å². The molecule has 1 aromatic carbocycles. The lowest BCUT2D eigenvalue weighted by Crippen LogP contribution is -2.43. The SMILES string of the molecule is CCCC(NC(=O)CCC(N)C(=O)OC(C)(C)C)C(=O)OCc1ccccc1. The highest BCUT2D eigenvalue weighted by atomic mass is 16.6. The van der Waals surface area contributed by atoms with Gasteiger partial charge >= 0.3 is 11.9 Å². The highest BCUT2D eigenvalue weighted by Crippen LogP contribution is 2.10. The van der Waals surface area contributed by atoms with E-state index >= 15 is 0 Å². The number of ether oxygens (including phenoxy) is 2. The zero-order chi connectivity index (χ0) is 21.2. The molecule has 0 bridgehead atoms. The molecule has 1 rings (SSSR count). The Morgan fingerprint density at radius 3 is 2.29 bits per heavy atom. The molecule has 0 fully saturated rings. The third-order valence-corrected chi connectivity index (χ3v) is 3.81. The van der Waals surface area contributed by atoms with Crippen LogP contribution in [0.1, 0.15) is 58.9 Å². The van der Waals surface area contributed by atoms with E-state index in [0.29, 0.717) is 12.8 Å². The molecule has 0 aliphatic heterocycles. The quantitative estimate of drug-likeness (QED) is 0.592. The van der Waals surface area contributed by atoms with E-state index < -0.39 is 29.6 Å². The van der Waals surface area contributed by atoms with E-state index in [0.717, 1.165) is 5.56 Å². The van der Waals surface area contributed by atoms with E-state index in [2.05, 4.69) is 5.32 Å². The Morgan fingerprint density at radius 1 is 1.07 bits per heavy atom. The molecule has 0 heterocycles. The maximum Gasteiger partial charge on any atom is 0.328 e. The van der Waals surface area contributed by atoms with Crippen LogP contribution in [-0.2, 0) is 30.5 Å². The summed E-state index contributed by atoms with van der Waals surface area (Å²) in [5, 5.41) is 2.68. The molecule has 0 saturated carbocycles. The fourth-order valence-electron chi connectivity index (χ4n) is 2.42. The van der Waals surface area contributed by atoms with Gasteiger partial charge in [-0.05, 0) is 39.2 Å². The van der Waals surface area contributed by atoms with Crippen molar-refractivity contribution in [1.82, 2.24) is 5.32 Å². The number of amides is 1. The molecular formula is C21H32N2O5. The third kappa shape index (κ3) is 9.50. The number of nitrogens with one attached hydrogen (secondary N) is 1. The van der Waals surface area contributed by atoms with Crippen molar-refractivity contribution >= 4 is 17.8 Å². The Hall–Kier alpha value is -2.41.